The lowest BCUT2D eigenvalue weighted by molar-refractivity contribution is -0.123. The van der Waals surface area contributed by atoms with E-state index < -0.39 is 5.91 Å². The average molecular weight is 378 g/mol. The zero-order valence-corrected chi connectivity index (χ0v) is 16.1. The van der Waals surface area contributed by atoms with Gasteiger partial charge in [-0.2, -0.15) is 10.4 Å². The lowest BCUT2D eigenvalue weighted by Gasteiger charge is -2.09. The van der Waals surface area contributed by atoms with Crippen molar-refractivity contribution in [3.8, 4) is 11.8 Å². The Hall–Kier alpha value is -3.66. The molecule has 0 spiro atoms. The van der Waals surface area contributed by atoms with E-state index in [0.29, 0.717) is 22.7 Å². The van der Waals surface area contributed by atoms with E-state index in [9.17, 15) is 9.59 Å². The summed E-state index contributed by atoms with van der Waals surface area (Å²) in [5, 5.41) is 15.6. The van der Waals surface area contributed by atoms with Gasteiger partial charge in [0.15, 0.2) is 6.61 Å². The molecule has 0 aliphatic carbocycles. The number of ether oxygens (including phenoxy) is 1. The van der Waals surface area contributed by atoms with Gasteiger partial charge in [0.25, 0.3) is 5.91 Å². The fourth-order valence-corrected chi connectivity index (χ4v) is 2.45. The van der Waals surface area contributed by atoms with Crippen molar-refractivity contribution in [2.45, 2.75) is 27.2 Å². The van der Waals surface area contributed by atoms with Crippen LogP contribution in [0.3, 0.4) is 0 Å². The molecule has 0 radical (unpaired) electrons. The van der Waals surface area contributed by atoms with Gasteiger partial charge in [-0.15, -0.1) is 0 Å². The van der Waals surface area contributed by atoms with Gasteiger partial charge in [-0.1, -0.05) is 29.8 Å². The van der Waals surface area contributed by atoms with Crippen molar-refractivity contribution in [3.05, 3.63) is 59.2 Å². The first-order valence-corrected chi connectivity index (χ1v) is 8.70. The van der Waals surface area contributed by atoms with E-state index in [1.165, 1.54) is 0 Å². The number of carbonyl (C=O) groups excluding carboxylic acids is 2. The van der Waals surface area contributed by atoms with Crippen molar-refractivity contribution in [2.24, 2.45) is 5.10 Å². The summed E-state index contributed by atoms with van der Waals surface area (Å²) in [5.74, 6) is -0.115. The molecule has 144 valence electrons. The van der Waals surface area contributed by atoms with Gasteiger partial charge < -0.3 is 10.1 Å². The second-order valence-corrected chi connectivity index (χ2v) is 6.32. The Kier molecular flexibility index (Phi) is 7.28. The van der Waals surface area contributed by atoms with Crippen LogP contribution in [-0.4, -0.2) is 24.1 Å². The molecule has 28 heavy (non-hydrogen) atoms. The molecule has 0 heterocycles. The molecular formula is C21H22N4O3. The van der Waals surface area contributed by atoms with E-state index >= 15 is 0 Å². The number of carbonyl (C=O) groups is 2. The fraction of sp³-hybridized carbons (Fsp3) is 0.238. The third-order valence-corrected chi connectivity index (χ3v) is 3.80. The van der Waals surface area contributed by atoms with Crippen LogP contribution in [0.25, 0.3) is 0 Å². The highest BCUT2D eigenvalue weighted by molar-refractivity contribution is 6.06. The molecule has 2 N–H and O–H groups in total. The second kappa shape index (κ2) is 9.88. The molecule has 0 fully saturated rings. The molecule has 0 atom stereocenters. The van der Waals surface area contributed by atoms with Crippen LogP contribution in [0.5, 0.6) is 5.75 Å². The Morgan fingerprint density at radius 1 is 1.14 bits per heavy atom. The molecule has 2 amide bonds. The quantitative estimate of drug-likeness (QED) is 0.571. The monoisotopic (exact) mass is 378 g/mol. The summed E-state index contributed by atoms with van der Waals surface area (Å²) < 4.78 is 5.48. The fourth-order valence-electron chi connectivity index (χ4n) is 2.45. The van der Waals surface area contributed by atoms with Gasteiger partial charge in [-0.3, -0.25) is 9.59 Å². The highest BCUT2D eigenvalue weighted by atomic mass is 16.5. The number of anilines is 1. The number of nitrogens with one attached hydrogen (secondary N) is 2. The lowest BCUT2D eigenvalue weighted by atomic mass is 10.1. The predicted octanol–water partition coefficient (Wildman–Crippen LogP) is 3.07. The first-order valence-electron chi connectivity index (χ1n) is 8.70. The molecular weight excluding hydrogens is 356 g/mol. The summed E-state index contributed by atoms with van der Waals surface area (Å²) in [6, 6.07) is 14.4. The van der Waals surface area contributed by atoms with Gasteiger partial charge in [0.05, 0.1) is 17.7 Å². The van der Waals surface area contributed by atoms with Crippen LogP contribution in [0, 0.1) is 25.2 Å². The predicted molar refractivity (Wildman–Crippen MR) is 107 cm³/mol. The molecule has 0 aliphatic heterocycles. The Labute approximate surface area is 164 Å². The smallest absolute Gasteiger partial charge is 0.277 e. The molecule has 0 saturated carbocycles. The van der Waals surface area contributed by atoms with Gasteiger partial charge in [0.1, 0.15) is 11.8 Å². The van der Waals surface area contributed by atoms with Crippen LogP contribution in [-0.2, 0) is 9.59 Å². The van der Waals surface area contributed by atoms with Crippen molar-refractivity contribution >= 4 is 23.2 Å². The molecule has 2 aromatic carbocycles. The Morgan fingerprint density at radius 2 is 1.89 bits per heavy atom. The number of hydrogen-bond acceptors (Lipinski definition) is 5. The van der Waals surface area contributed by atoms with Crippen molar-refractivity contribution in [3.63, 3.8) is 0 Å². The summed E-state index contributed by atoms with van der Waals surface area (Å²) in [4.78, 5) is 24.0. The normalized spacial score (nSPS) is 10.7. The number of para-hydroxylation sites is 1. The van der Waals surface area contributed by atoms with E-state index in [4.69, 9.17) is 10.00 Å². The highest BCUT2D eigenvalue weighted by Gasteiger charge is 2.09. The third kappa shape index (κ3) is 6.25. The van der Waals surface area contributed by atoms with Crippen LogP contribution in [0.4, 0.5) is 5.69 Å². The van der Waals surface area contributed by atoms with E-state index in [2.05, 4.69) is 15.8 Å². The molecule has 0 aromatic heterocycles. The van der Waals surface area contributed by atoms with Crippen LogP contribution < -0.4 is 15.5 Å². The average Bonchev–Trinajstić information content (AvgIpc) is 2.66. The zero-order chi connectivity index (χ0) is 20.5. The standard InChI is InChI=1S/C21H22N4O3/c1-14-8-9-19(15(2)10-14)28-13-21(27)25-24-16(3)11-20(26)23-18-7-5-4-6-17(18)12-22/h4-10H,11,13H2,1-3H3,(H,23,26)(H,25,27)/b24-16-. The molecule has 2 rings (SSSR count). The van der Waals surface area contributed by atoms with Gasteiger partial charge in [-0.05, 0) is 44.5 Å². The van der Waals surface area contributed by atoms with Crippen LogP contribution in [0.15, 0.2) is 47.6 Å². The summed E-state index contributed by atoms with van der Waals surface area (Å²) in [7, 11) is 0. The summed E-state index contributed by atoms with van der Waals surface area (Å²) >= 11 is 0. The Balaban J connectivity index is 1.82. The number of hydrazone groups is 1. The van der Waals surface area contributed by atoms with Crippen molar-refractivity contribution in [1.82, 2.24) is 5.43 Å². The van der Waals surface area contributed by atoms with Gasteiger partial charge >= 0.3 is 0 Å². The lowest BCUT2D eigenvalue weighted by Crippen LogP contribution is -2.26. The van der Waals surface area contributed by atoms with E-state index in [1.807, 2.05) is 38.1 Å². The summed E-state index contributed by atoms with van der Waals surface area (Å²) in [5.41, 5.74) is 5.67. The summed E-state index contributed by atoms with van der Waals surface area (Å²) in [6.07, 6.45) is -0.0159. The maximum absolute atomic E-state index is 12.1. The number of hydrogen-bond donors (Lipinski definition) is 2. The van der Waals surface area contributed by atoms with E-state index in [0.717, 1.165) is 11.1 Å². The number of aryl methyl sites for hydroxylation is 2. The first-order chi connectivity index (χ1) is 13.4. The van der Waals surface area contributed by atoms with Crippen molar-refractivity contribution < 1.29 is 14.3 Å². The minimum Gasteiger partial charge on any atom is -0.483 e. The SMILES string of the molecule is C/C(CC(=O)Nc1ccccc1C#N)=N/NC(=O)COc1ccc(C)cc1C. The third-order valence-electron chi connectivity index (χ3n) is 3.80. The van der Waals surface area contributed by atoms with Crippen LogP contribution >= 0.6 is 0 Å². The van der Waals surface area contributed by atoms with Crippen LogP contribution in [0.2, 0.25) is 0 Å². The number of nitriles is 1. The number of amides is 2. The Bertz CT molecular complexity index is 945. The molecule has 0 unspecified atom stereocenters. The molecule has 0 saturated heterocycles. The maximum atomic E-state index is 12.1. The van der Waals surface area contributed by atoms with Crippen molar-refractivity contribution in [1.29, 1.82) is 5.26 Å². The molecule has 7 heteroatoms. The first kappa shape index (κ1) is 20.6. The van der Waals surface area contributed by atoms with E-state index in [1.54, 1.807) is 31.2 Å². The van der Waals surface area contributed by atoms with Crippen LogP contribution in [0.1, 0.15) is 30.0 Å². The minimum absolute atomic E-state index is 0.0159. The van der Waals surface area contributed by atoms with Gasteiger partial charge in [0.2, 0.25) is 5.91 Å². The zero-order valence-electron chi connectivity index (χ0n) is 16.1. The van der Waals surface area contributed by atoms with Gasteiger partial charge in [0, 0.05) is 5.71 Å². The second-order valence-electron chi connectivity index (χ2n) is 6.32. The largest absolute Gasteiger partial charge is 0.483 e. The molecule has 7 nitrogen and oxygen atoms in total. The number of benzene rings is 2. The maximum Gasteiger partial charge on any atom is 0.277 e. The minimum atomic E-state index is -0.422. The Morgan fingerprint density at radius 3 is 2.61 bits per heavy atom. The van der Waals surface area contributed by atoms with E-state index in [-0.39, 0.29) is 18.9 Å². The topological polar surface area (TPSA) is 104 Å². The summed E-state index contributed by atoms with van der Waals surface area (Å²) in [6.45, 7) is 5.34. The highest BCUT2D eigenvalue weighted by Crippen LogP contribution is 2.18. The number of rotatable bonds is 7. The number of nitrogens with zero attached hydrogens (tertiary/aromatic N) is 2. The molecule has 0 bridgehead atoms. The molecule has 0 aliphatic rings. The van der Waals surface area contributed by atoms with Crippen molar-refractivity contribution in [2.75, 3.05) is 11.9 Å². The van der Waals surface area contributed by atoms with Gasteiger partial charge in [-0.25, -0.2) is 5.43 Å². The molecule has 2 aromatic rings.